The van der Waals surface area contributed by atoms with Crippen LogP contribution >= 0.6 is 0 Å². The molecule has 0 radical (unpaired) electrons. The molecule has 0 spiro atoms. The van der Waals surface area contributed by atoms with Crippen LogP contribution in [0.4, 0.5) is 17.3 Å². The van der Waals surface area contributed by atoms with Gasteiger partial charge in [0.2, 0.25) is 0 Å². The van der Waals surface area contributed by atoms with E-state index in [1.54, 1.807) is 0 Å². The Hall–Kier alpha value is -2.14. The highest BCUT2D eigenvalue weighted by Gasteiger charge is 2.09. The maximum atomic E-state index is 5.49. The quantitative estimate of drug-likeness (QED) is 0.580. The Morgan fingerprint density at radius 3 is 2.26 bits per heavy atom. The highest BCUT2D eigenvalue weighted by Crippen LogP contribution is 2.23. The number of nitrogens with zero attached hydrogens (tertiary/aromatic N) is 2. The molecule has 0 fully saturated rings. The molecule has 1 aromatic heterocycles. The number of hydrazine groups is 1. The number of rotatable bonds is 4. The predicted molar refractivity (Wildman–Crippen MR) is 78.4 cm³/mol. The first-order chi connectivity index (χ1) is 9.13. The summed E-state index contributed by atoms with van der Waals surface area (Å²) in [5.41, 5.74) is 5.74. The second-order valence-electron chi connectivity index (χ2n) is 4.45. The van der Waals surface area contributed by atoms with Gasteiger partial charge in [-0.2, -0.15) is 0 Å². The summed E-state index contributed by atoms with van der Waals surface area (Å²) < 4.78 is 0. The fraction of sp³-hybridized carbons (Fsp3) is 0.286. The second-order valence-corrected chi connectivity index (χ2v) is 4.45. The molecule has 0 saturated heterocycles. The van der Waals surface area contributed by atoms with Gasteiger partial charge in [0.1, 0.15) is 17.5 Å². The van der Waals surface area contributed by atoms with Gasteiger partial charge in [0, 0.05) is 17.7 Å². The van der Waals surface area contributed by atoms with Crippen LogP contribution in [0.15, 0.2) is 24.3 Å². The van der Waals surface area contributed by atoms with Crippen LogP contribution in [0.1, 0.15) is 23.9 Å². The Morgan fingerprint density at radius 1 is 1.05 bits per heavy atom. The topological polar surface area (TPSA) is 75.9 Å². The average molecular weight is 257 g/mol. The zero-order valence-corrected chi connectivity index (χ0v) is 11.5. The smallest absolute Gasteiger partial charge is 0.148 e. The second kappa shape index (κ2) is 5.67. The molecule has 0 aliphatic heterocycles. The number of nitrogens with one attached hydrogen (secondary N) is 2. The van der Waals surface area contributed by atoms with Gasteiger partial charge in [0.15, 0.2) is 0 Å². The number of hydrogen-bond donors (Lipinski definition) is 3. The molecule has 0 atom stereocenters. The minimum Gasteiger partial charge on any atom is -0.340 e. The van der Waals surface area contributed by atoms with Crippen molar-refractivity contribution in [3.8, 4) is 0 Å². The minimum atomic E-state index is 0.654. The first-order valence-corrected chi connectivity index (χ1v) is 6.32. The van der Waals surface area contributed by atoms with Gasteiger partial charge in [-0.15, -0.1) is 0 Å². The van der Waals surface area contributed by atoms with Crippen LogP contribution in [-0.4, -0.2) is 9.97 Å². The molecule has 4 N–H and O–H groups in total. The molecule has 19 heavy (non-hydrogen) atoms. The van der Waals surface area contributed by atoms with Crippen molar-refractivity contribution in [1.29, 1.82) is 0 Å². The van der Waals surface area contributed by atoms with Crippen LogP contribution in [0.25, 0.3) is 0 Å². The van der Waals surface area contributed by atoms with Crippen molar-refractivity contribution in [2.75, 3.05) is 10.7 Å². The van der Waals surface area contributed by atoms with Gasteiger partial charge in [-0.1, -0.05) is 24.6 Å². The van der Waals surface area contributed by atoms with Crippen LogP contribution in [0.3, 0.4) is 0 Å². The third kappa shape index (κ3) is 3.00. The predicted octanol–water partition coefficient (Wildman–Crippen LogP) is 2.69. The van der Waals surface area contributed by atoms with E-state index < -0.39 is 0 Å². The highest BCUT2D eigenvalue weighted by molar-refractivity contribution is 5.64. The van der Waals surface area contributed by atoms with E-state index in [1.165, 1.54) is 5.56 Å². The summed E-state index contributed by atoms with van der Waals surface area (Å²) in [5.74, 6) is 7.68. The lowest BCUT2D eigenvalue weighted by atomic mass is 10.2. The average Bonchev–Trinajstić information content (AvgIpc) is 2.43. The van der Waals surface area contributed by atoms with Crippen molar-refractivity contribution in [1.82, 2.24) is 9.97 Å². The monoisotopic (exact) mass is 257 g/mol. The number of nitrogen functional groups attached to an aromatic ring is 1. The normalized spacial score (nSPS) is 10.3. The lowest BCUT2D eigenvalue weighted by Crippen LogP contribution is -2.13. The van der Waals surface area contributed by atoms with E-state index in [1.807, 2.05) is 26.0 Å². The molecule has 1 heterocycles. The SMILES string of the molecule is CCc1nc(NN)c(C)c(Nc2ccc(C)cc2)n1. The van der Waals surface area contributed by atoms with E-state index in [2.05, 4.69) is 39.8 Å². The summed E-state index contributed by atoms with van der Waals surface area (Å²) in [6.45, 7) is 6.01. The Bertz CT molecular complexity index is 563. The third-order valence-corrected chi connectivity index (χ3v) is 2.96. The van der Waals surface area contributed by atoms with Crippen molar-refractivity contribution < 1.29 is 0 Å². The molecule has 100 valence electrons. The largest absolute Gasteiger partial charge is 0.340 e. The standard InChI is InChI=1S/C14H19N5/c1-4-12-17-13(10(3)14(18-12)19-15)16-11-7-5-9(2)6-8-11/h5-8H,4,15H2,1-3H3,(H2,16,17,18,19). The number of aromatic nitrogens is 2. The van der Waals surface area contributed by atoms with Gasteiger partial charge < -0.3 is 10.7 Å². The molecule has 1 aromatic carbocycles. The molecular weight excluding hydrogens is 238 g/mol. The van der Waals surface area contributed by atoms with Crippen molar-refractivity contribution in [3.63, 3.8) is 0 Å². The molecular formula is C14H19N5. The van der Waals surface area contributed by atoms with E-state index in [0.717, 1.165) is 29.3 Å². The fourth-order valence-electron chi connectivity index (χ4n) is 1.76. The van der Waals surface area contributed by atoms with Crippen LogP contribution in [0.2, 0.25) is 0 Å². The minimum absolute atomic E-state index is 0.654. The summed E-state index contributed by atoms with van der Waals surface area (Å²) in [7, 11) is 0. The Morgan fingerprint density at radius 2 is 1.68 bits per heavy atom. The Balaban J connectivity index is 2.35. The molecule has 0 amide bonds. The van der Waals surface area contributed by atoms with Crippen molar-refractivity contribution in [3.05, 3.63) is 41.2 Å². The van der Waals surface area contributed by atoms with Gasteiger partial charge in [-0.3, -0.25) is 0 Å². The summed E-state index contributed by atoms with van der Waals surface area (Å²) in [6, 6.07) is 8.17. The van der Waals surface area contributed by atoms with Gasteiger partial charge in [-0.05, 0) is 26.0 Å². The molecule has 0 saturated carbocycles. The fourth-order valence-corrected chi connectivity index (χ4v) is 1.76. The summed E-state index contributed by atoms with van der Waals surface area (Å²) >= 11 is 0. The first kappa shape index (κ1) is 13.3. The van der Waals surface area contributed by atoms with Gasteiger partial charge >= 0.3 is 0 Å². The summed E-state index contributed by atoms with van der Waals surface area (Å²) in [6.07, 6.45) is 0.761. The molecule has 0 aliphatic carbocycles. The lowest BCUT2D eigenvalue weighted by Gasteiger charge is -2.13. The van der Waals surface area contributed by atoms with Crippen molar-refractivity contribution >= 4 is 17.3 Å². The van der Waals surface area contributed by atoms with Gasteiger partial charge in [-0.25, -0.2) is 15.8 Å². The third-order valence-electron chi connectivity index (χ3n) is 2.96. The van der Waals surface area contributed by atoms with Crippen LogP contribution in [0, 0.1) is 13.8 Å². The first-order valence-electron chi connectivity index (χ1n) is 6.32. The number of anilines is 3. The number of nitrogens with two attached hydrogens (primary N) is 1. The van der Waals surface area contributed by atoms with Crippen molar-refractivity contribution in [2.24, 2.45) is 5.84 Å². The van der Waals surface area contributed by atoms with Gasteiger partial charge in [0.25, 0.3) is 0 Å². The Kier molecular flexibility index (Phi) is 3.97. The number of benzene rings is 1. The molecule has 0 bridgehead atoms. The van der Waals surface area contributed by atoms with E-state index in [4.69, 9.17) is 5.84 Å². The van der Waals surface area contributed by atoms with E-state index in [9.17, 15) is 0 Å². The van der Waals surface area contributed by atoms with Crippen LogP contribution < -0.4 is 16.6 Å². The van der Waals surface area contributed by atoms with E-state index in [0.29, 0.717) is 5.82 Å². The van der Waals surface area contributed by atoms with Crippen molar-refractivity contribution in [2.45, 2.75) is 27.2 Å². The maximum absolute atomic E-state index is 5.49. The van der Waals surface area contributed by atoms with E-state index >= 15 is 0 Å². The number of hydrogen-bond acceptors (Lipinski definition) is 5. The molecule has 0 unspecified atom stereocenters. The molecule has 5 nitrogen and oxygen atoms in total. The Labute approximate surface area is 113 Å². The van der Waals surface area contributed by atoms with Crippen LogP contribution in [-0.2, 0) is 6.42 Å². The molecule has 5 heteroatoms. The molecule has 2 aromatic rings. The maximum Gasteiger partial charge on any atom is 0.148 e. The summed E-state index contributed by atoms with van der Waals surface area (Å²) in [4.78, 5) is 8.84. The highest BCUT2D eigenvalue weighted by atomic mass is 15.3. The molecule has 2 rings (SSSR count). The van der Waals surface area contributed by atoms with E-state index in [-0.39, 0.29) is 0 Å². The van der Waals surface area contributed by atoms with Crippen LogP contribution in [0.5, 0.6) is 0 Å². The number of aryl methyl sites for hydroxylation is 2. The zero-order valence-electron chi connectivity index (χ0n) is 11.5. The lowest BCUT2D eigenvalue weighted by molar-refractivity contribution is 0.932. The zero-order chi connectivity index (χ0) is 13.8. The molecule has 0 aliphatic rings. The summed E-state index contributed by atoms with van der Waals surface area (Å²) in [5, 5.41) is 3.30. The van der Waals surface area contributed by atoms with Gasteiger partial charge in [0.05, 0.1) is 0 Å².